The van der Waals surface area contributed by atoms with E-state index in [1.165, 1.54) is 0 Å². The summed E-state index contributed by atoms with van der Waals surface area (Å²) in [4.78, 5) is 13.5. The summed E-state index contributed by atoms with van der Waals surface area (Å²) in [5, 5.41) is 0. The molecule has 0 aliphatic carbocycles. The first-order valence-corrected chi connectivity index (χ1v) is 5.32. The lowest BCUT2D eigenvalue weighted by atomic mass is 10.2. The van der Waals surface area contributed by atoms with Gasteiger partial charge in [-0.2, -0.15) is 0 Å². The lowest BCUT2D eigenvalue weighted by Crippen LogP contribution is -2.43. The van der Waals surface area contributed by atoms with Gasteiger partial charge in [-0.15, -0.1) is 6.58 Å². The maximum atomic E-state index is 11.7. The van der Waals surface area contributed by atoms with Crippen molar-refractivity contribution in [1.29, 1.82) is 0 Å². The molecular weight excluding hydrogens is 176 g/mol. The van der Waals surface area contributed by atoms with Gasteiger partial charge in [0.05, 0.1) is 6.04 Å². The van der Waals surface area contributed by atoms with Crippen LogP contribution < -0.4 is 5.73 Å². The molecule has 2 N–H and O–H groups in total. The van der Waals surface area contributed by atoms with Crippen molar-refractivity contribution in [1.82, 2.24) is 4.90 Å². The van der Waals surface area contributed by atoms with Gasteiger partial charge < -0.3 is 10.6 Å². The van der Waals surface area contributed by atoms with Crippen molar-refractivity contribution in [2.24, 2.45) is 5.73 Å². The quantitative estimate of drug-likeness (QED) is 0.631. The number of carbonyl (C=O) groups is 1. The van der Waals surface area contributed by atoms with Gasteiger partial charge in [0, 0.05) is 13.1 Å². The number of likely N-dealkylation sites (N-methyl/N-ethyl adjacent to an activating group) is 1. The lowest BCUT2D eigenvalue weighted by molar-refractivity contribution is -0.132. The number of nitrogens with zero attached hydrogens (tertiary/aromatic N) is 1. The molecule has 0 spiro atoms. The number of nitrogens with two attached hydrogens (primary N) is 1. The molecule has 0 saturated heterocycles. The Morgan fingerprint density at radius 3 is 2.64 bits per heavy atom. The summed E-state index contributed by atoms with van der Waals surface area (Å²) < 4.78 is 0. The van der Waals surface area contributed by atoms with Crippen LogP contribution in [0, 0.1) is 0 Å². The molecule has 0 aliphatic heterocycles. The third-order valence-electron chi connectivity index (χ3n) is 2.21. The van der Waals surface area contributed by atoms with Crippen molar-refractivity contribution in [2.75, 3.05) is 13.1 Å². The number of rotatable bonds is 7. The second kappa shape index (κ2) is 7.56. The van der Waals surface area contributed by atoms with Crippen LogP contribution >= 0.6 is 0 Å². The van der Waals surface area contributed by atoms with Crippen molar-refractivity contribution < 1.29 is 4.79 Å². The summed E-state index contributed by atoms with van der Waals surface area (Å²) in [7, 11) is 0. The van der Waals surface area contributed by atoms with Crippen LogP contribution in [0.2, 0.25) is 0 Å². The molecule has 1 unspecified atom stereocenters. The van der Waals surface area contributed by atoms with E-state index in [-0.39, 0.29) is 5.91 Å². The average Bonchev–Trinajstić information content (AvgIpc) is 2.19. The first-order chi connectivity index (χ1) is 6.67. The molecule has 0 aliphatic rings. The number of hydrogen-bond acceptors (Lipinski definition) is 2. The van der Waals surface area contributed by atoms with Crippen LogP contribution in [0.5, 0.6) is 0 Å². The minimum Gasteiger partial charge on any atom is -0.342 e. The summed E-state index contributed by atoms with van der Waals surface area (Å²) in [5.41, 5.74) is 5.71. The predicted molar refractivity (Wildman–Crippen MR) is 60.0 cm³/mol. The summed E-state index contributed by atoms with van der Waals surface area (Å²) in [6, 6.07) is -0.413. The zero-order valence-electron chi connectivity index (χ0n) is 9.33. The molecule has 82 valence electrons. The fourth-order valence-electron chi connectivity index (χ4n) is 1.29. The predicted octanol–water partition coefficient (Wildman–Crippen LogP) is 1.54. The maximum absolute atomic E-state index is 11.7. The summed E-state index contributed by atoms with van der Waals surface area (Å²) >= 11 is 0. The van der Waals surface area contributed by atoms with Crippen molar-refractivity contribution in [2.45, 2.75) is 39.2 Å². The first kappa shape index (κ1) is 13.2. The number of amides is 1. The molecule has 0 aromatic rings. The van der Waals surface area contributed by atoms with Crippen molar-refractivity contribution >= 4 is 5.91 Å². The van der Waals surface area contributed by atoms with Crippen LogP contribution in [0.1, 0.15) is 33.1 Å². The van der Waals surface area contributed by atoms with Gasteiger partial charge in [0.15, 0.2) is 0 Å². The minimum atomic E-state index is -0.413. The van der Waals surface area contributed by atoms with Crippen molar-refractivity contribution in [3.63, 3.8) is 0 Å². The second-order valence-corrected chi connectivity index (χ2v) is 3.40. The molecule has 14 heavy (non-hydrogen) atoms. The van der Waals surface area contributed by atoms with Crippen LogP contribution in [-0.4, -0.2) is 29.9 Å². The molecule has 3 nitrogen and oxygen atoms in total. The van der Waals surface area contributed by atoms with E-state index in [1.54, 1.807) is 6.08 Å². The van der Waals surface area contributed by atoms with Crippen LogP contribution in [0.15, 0.2) is 12.7 Å². The van der Waals surface area contributed by atoms with Gasteiger partial charge in [-0.3, -0.25) is 4.79 Å². The number of unbranched alkanes of at least 4 members (excludes halogenated alkanes) is 1. The Kier molecular flexibility index (Phi) is 7.11. The van der Waals surface area contributed by atoms with E-state index in [0.717, 1.165) is 25.9 Å². The van der Waals surface area contributed by atoms with Gasteiger partial charge in [0.2, 0.25) is 5.91 Å². The van der Waals surface area contributed by atoms with Gasteiger partial charge in [-0.1, -0.05) is 19.4 Å². The highest BCUT2D eigenvalue weighted by atomic mass is 16.2. The third-order valence-corrected chi connectivity index (χ3v) is 2.21. The van der Waals surface area contributed by atoms with E-state index in [0.29, 0.717) is 6.42 Å². The van der Waals surface area contributed by atoms with E-state index < -0.39 is 6.04 Å². The second-order valence-electron chi connectivity index (χ2n) is 3.40. The van der Waals surface area contributed by atoms with Gasteiger partial charge in [-0.25, -0.2) is 0 Å². The molecule has 3 heteroatoms. The maximum Gasteiger partial charge on any atom is 0.239 e. The van der Waals surface area contributed by atoms with Gasteiger partial charge >= 0.3 is 0 Å². The van der Waals surface area contributed by atoms with Gasteiger partial charge in [0.1, 0.15) is 0 Å². The Morgan fingerprint density at radius 2 is 2.21 bits per heavy atom. The normalized spacial score (nSPS) is 12.2. The highest BCUT2D eigenvalue weighted by molar-refractivity contribution is 5.81. The Balaban J connectivity index is 4.07. The minimum absolute atomic E-state index is 0.0425. The SMILES string of the molecule is C=CCC(N)C(=O)N(CC)CCCC. The Bertz CT molecular complexity index is 180. The zero-order valence-corrected chi connectivity index (χ0v) is 9.33. The standard InChI is InChI=1S/C11H22N2O/c1-4-7-9-13(6-3)11(14)10(12)8-5-2/h5,10H,2,4,6-9,12H2,1,3H3. The van der Waals surface area contributed by atoms with Crippen LogP contribution in [0.25, 0.3) is 0 Å². The van der Waals surface area contributed by atoms with Crippen molar-refractivity contribution in [3.8, 4) is 0 Å². The van der Waals surface area contributed by atoms with Gasteiger partial charge in [-0.05, 0) is 19.8 Å². The fraction of sp³-hybridized carbons (Fsp3) is 0.727. The van der Waals surface area contributed by atoms with E-state index in [9.17, 15) is 4.79 Å². The molecule has 0 rings (SSSR count). The van der Waals surface area contributed by atoms with E-state index >= 15 is 0 Å². The summed E-state index contributed by atoms with van der Waals surface area (Å²) in [6.45, 7) is 9.23. The van der Waals surface area contributed by atoms with Crippen LogP contribution in [0.3, 0.4) is 0 Å². The highest BCUT2D eigenvalue weighted by Gasteiger charge is 2.17. The molecule has 1 atom stereocenters. The van der Waals surface area contributed by atoms with Gasteiger partial charge in [0.25, 0.3) is 0 Å². The third kappa shape index (κ3) is 4.42. The Labute approximate surface area is 87.0 Å². The Morgan fingerprint density at radius 1 is 1.57 bits per heavy atom. The van der Waals surface area contributed by atoms with Crippen LogP contribution in [0.4, 0.5) is 0 Å². The molecule has 0 saturated carbocycles. The molecule has 0 radical (unpaired) electrons. The largest absolute Gasteiger partial charge is 0.342 e. The monoisotopic (exact) mass is 198 g/mol. The first-order valence-electron chi connectivity index (χ1n) is 5.32. The fourth-order valence-corrected chi connectivity index (χ4v) is 1.29. The Hall–Kier alpha value is -0.830. The molecule has 0 bridgehead atoms. The van der Waals surface area contributed by atoms with E-state index in [4.69, 9.17) is 5.73 Å². The molecule has 1 amide bonds. The number of hydrogen-bond donors (Lipinski definition) is 1. The van der Waals surface area contributed by atoms with Crippen LogP contribution in [-0.2, 0) is 4.79 Å². The summed E-state index contributed by atoms with van der Waals surface area (Å²) in [6.07, 6.45) is 4.39. The molecule has 0 aromatic carbocycles. The van der Waals surface area contributed by atoms with Crippen molar-refractivity contribution in [3.05, 3.63) is 12.7 Å². The number of carbonyl (C=O) groups excluding carboxylic acids is 1. The molecule has 0 aromatic heterocycles. The average molecular weight is 198 g/mol. The molecule has 0 heterocycles. The van der Waals surface area contributed by atoms with E-state index in [2.05, 4.69) is 13.5 Å². The summed E-state index contributed by atoms with van der Waals surface area (Å²) in [5.74, 6) is 0.0425. The molecular formula is C11H22N2O. The smallest absolute Gasteiger partial charge is 0.239 e. The lowest BCUT2D eigenvalue weighted by Gasteiger charge is -2.23. The highest BCUT2D eigenvalue weighted by Crippen LogP contribution is 2.00. The van der Waals surface area contributed by atoms with E-state index in [1.807, 2.05) is 11.8 Å². The topological polar surface area (TPSA) is 46.3 Å². The molecule has 0 fully saturated rings. The zero-order chi connectivity index (χ0) is 11.0.